The molecule has 0 aliphatic carbocycles. The molecule has 0 amide bonds. The Balaban J connectivity index is 3.74. The lowest BCUT2D eigenvalue weighted by atomic mass is 9.89. The summed E-state index contributed by atoms with van der Waals surface area (Å²) >= 11 is 0. The molecule has 0 aromatic heterocycles. The van der Waals surface area contributed by atoms with Gasteiger partial charge in [-0.05, 0) is 32.6 Å². The number of hydrogen-bond acceptors (Lipinski definition) is 3. The molecule has 0 spiro atoms. The number of aliphatic hydroxyl groups is 1. The maximum absolute atomic E-state index is 12.3. The van der Waals surface area contributed by atoms with Crippen molar-refractivity contribution in [2.45, 2.75) is 137 Å². The molecule has 0 fully saturated rings. The zero-order chi connectivity index (χ0) is 20.7. The van der Waals surface area contributed by atoms with Gasteiger partial charge in [-0.2, -0.15) is 0 Å². The van der Waals surface area contributed by atoms with E-state index in [-0.39, 0.29) is 11.9 Å². The Hall–Kier alpha value is -0.570. The summed E-state index contributed by atoms with van der Waals surface area (Å²) in [7, 11) is 0. The maximum Gasteiger partial charge on any atom is 0.309 e. The lowest BCUT2D eigenvalue weighted by molar-refractivity contribution is -0.167. The SMILES string of the molecule is CCCCCCCCCCCCCC(C)C(=O)OC(C)C(C)(O)CC(C)C. The molecule has 3 nitrogen and oxygen atoms in total. The zero-order valence-corrected chi connectivity index (χ0v) is 19.2. The highest BCUT2D eigenvalue weighted by Gasteiger charge is 2.33. The summed E-state index contributed by atoms with van der Waals surface area (Å²) in [5, 5.41) is 10.5. The second kappa shape index (κ2) is 15.4. The quantitative estimate of drug-likeness (QED) is 0.216. The first kappa shape index (κ1) is 26.4. The number of ether oxygens (including phenoxy) is 1. The fraction of sp³-hybridized carbons (Fsp3) is 0.958. The molecular formula is C24H48O3. The maximum atomic E-state index is 12.3. The van der Waals surface area contributed by atoms with Crippen LogP contribution in [0.1, 0.15) is 125 Å². The molecular weight excluding hydrogens is 336 g/mol. The van der Waals surface area contributed by atoms with Crippen molar-refractivity contribution in [2.75, 3.05) is 0 Å². The van der Waals surface area contributed by atoms with Crippen molar-refractivity contribution in [1.29, 1.82) is 0 Å². The lowest BCUT2D eigenvalue weighted by Crippen LogP contribution is -2.42. The average Bonchev–Trinajstić information content (AvgIpc) is 2.58. The molecule has 1 N–H and O–H groups in total. The van der Waals surface area contributed by atoms with Gasteiger partial charge in [0.15, 0.2) is 0 Å². The van der Waals surface area contributed by atoms with Crippen LogP contribution in [0.5, 0.6) is 0 Å². The van der Waals surface area contributed by atoms with Crippen molar-refractivity contribution in [2.24, 2.45) is 11.8 Å². The Bertz CT molecular complexity index is 363. The predicted molar refractivity (Wildman–Crippen MR) is 116 cm³/mol. The number of rotatable bonds is 17. The third kappa shape index (κ3) is 14.1. The topological polar surface area (TPSA) is 46.5 Å². The lowest BCUT2D eigenvalue weighted by Gasteiger charge is -2.32. The normalized spacial score (nSPS) is 16.1. The van der Waals surface area contributed by atoms with Gasteiger partial charge in [0.2, 0.25) is 0 Å². The molecule has 0 rings (SSSR count). The Morgan fingerprint density at radius 1 is 0.852 bits per heavy atom. The van der Waals surface area contributed by atoms with Crippen molar-refractivity contribution in [1.82, 2.24) is 0 Å². The van der Waals surface area contributed by atoms with Gasteiger partial charge in [-0.15, -0.1) is 0 Å². The van der Waals surface area contributed by atoms with Crippen LogP contribution in [-0.2, 0) is 9.53 Å². The highest BCUT2D eigenvalue weighted by molar-refractivity contribution is 5.72. The van der Waals surface area contributed by atoms with Gasteiger partial charge in [0.25, 0.3) is 0 Å². The Morgan fingerprint density at radius 3 is 1.74 bits per heavy atom. The first-order valence-electron chi connectivity index (χ1n) is 11.6. The molecule has 0 heterocycles. The van der Waals surface area contributed by atoms with Crippen LogP contribution in [0.3, 0.4) is 0 Å². The molecule has 3 atom stereocenters. The van der Waals surface area contributed by atoms with Crippen LogP contribution in [0, 0.1) is 11.8 Å². The number of hydrogen-bond donors (Lipinski definition) is 1. The Labute approximate surface area is 169 Å². The van der Waals surface area contributed by atoms with Gasteiger partial charge in [-0.1, -0.05) is 98.3 Å². The standard InChI is InChI=1S/C24H48O3/c1-7-8-9-10-11-12-13-14-15-16-17-18-21(4)23(25)27-22(5)24(6,26)19-20(2)3/h20-22,26H,7-19H2,1-6H3. The van der Waals surface area contributed by atoms with Crippen molar-refractivity contribution in [3.63, 3.8) is 0 Å². The number of esters is 1. The van der Waals surface area contributed by atoms with Gasteiger partial charge < -0.3 is 9.84 Å². The first-order chi connectivity index (χ1) is 12.7. The van der Waals surface area contributed by atoms with Crippen LogP contribution in [0.4, 0.5) is 0 Å². The smallest absolute Gasteiger partial charge is 0.309 e. The van der Waals surface area contributed by atoms with E-state index in [4.69, 9.17) is 4.74 Å². The van der Waals surface area contributed by atoms with E-state index in [1.807, 2.05) is 6.92 Å². The van der Waals surface area contributed by atoms with E-state index in [2.05, 4.69) is 20.8 Å². The summed E-state index contributed by atoms with van der Waals surface area (Å²) in [6.07, 6.45) is 15.6. The molecule has 0 saturated heterocycles. The summed E-state index contributed by atoms with van der Waals surface area (Å²) < 4.78 is 5.54. The molecule has 0 bridgehead atoms. The minimum atomic E-state index is -0.958. The first-order valence-corrected chi connectivity index (χ1v) is 11.6. The van der Waals surface area contributed by atoms with E-state index in [9.17, 15) is 9.90 Å². The van der Waals surface area contributed by atoms with Crippen molar-refractivity contribution >= 4 is 5.97 Å². The molecule has 3 heteroatoms. The van der Waals surface area contributed by atoms with Gasteiger partial charge >= 0.3 is 5.97 Å². The molecule has 27 heavy (non-hydrogen) atoms. The third-order valence-corrected chi connectivity index (χ3v) is 5.63. The van der Waals surface area contributed by atoms with E-state index in [1.165, 1.54) is 64.2 Å². The second-order valence-corrected chi connectivity index (χ2v) is 9.26. The molecule has 162 valence electrons. The molecule has 0 radical (unpaired) electrons. The fourth-order valence-corrected chi connectivity index (χ4v) is 3.64. The molecule has 0 aromatic rings. The highest BCUT2D eigenvalue weighted by atomic mass is 16.6. The summed E-state index contributed by atoms with van der Waals surface area (Å²) in [5.41, 5.74) is -0.958. The largest absolute Gasteiger partial charge is 0.459 e. The van der Waals surface area contributed by atoms with Gasteiger partial charge in [-0.25, -0.2) is 0 Å². The predicted octanol–water partition coefficient (Wildman–Crippen LogP) is 7.05. The summed E-state index contributed by atoms with van der Waals surface area (Å²) in [6, 6.07) is 0. The Morgan fingerprint density at radius 2 is 1.30 bits per heavy atom. The summed E-state index contributed by atoms with van der Waals surface area (Å²) in [5.74, 6) is 0.120. The van der Waals surface area contributed by atoms with Crippen molar-refractivity contribution in [3.8, 4) is 0 Å². The Kier molecular flexibility index (Phi) is 15.0. The monoisotopic (exact) mass is 384 g/mol. The molecule has 0 aromatic carbocycles. The van der Waals surface area contributed by atoms with Gasteiger partial charge in [0, 0.05) is 0 Å². The number of unbranched alkanes of at least 4 members (excludes halogenated alkanes) is 10. The highest BCUT2D eigenvalue weighted by Crippen LogP contribution is 2.24. The summed E-state index contributed by atoms with van der Waals surface area (Å²) in [6.45, 7) is 11.9. The van der Waals surface area contributed by atoms with Gasteiger partial charge in [0.1, 0.15) is 6.10 Å². The van der Waals surface area contributed by atoms with Crippen LogP contribution in [-0.4, -0.2) is 22.8 Å². The zero-order valence-electron chi connectivity index (χ0n) is 19.2. The fourth-order valence-electron chi connectivity index (χ4n) is 3.64. The van der Waals surface area contributed by atoms with Gasteiger partial charge in [-0.3, -0.25) is 4.79 Å². The number of carbonyl (C=O) groups is 1. The minimum Gasteiger partial charge on any atom is -0.459 e. The average molecular weight is 385 g/mol. The van der Waals surface area contributed by atoms with E-state index in [0.717, 1.165) is 12.8 Å². The van der Waals surface area contributed by atoms with Crippen molar-refractivity contribution < 1.29 is 14.6 Å². The van der Waals surface area contributed by atoms with Crippen LogP contribution in [0.2, 0.25) is 0 Å². The molecule has 0 aliphatic rings. The van der Waals surface area contributed by atoms with E-state index in [0.29, 0.717) is 12.3 Å². The summed E-state index contributed by atoms with van der Waals surface area (Å²) in [4.78, 5) is 12.3. The third-order valence-electron chi connectivity index (χ3n) is 5.63. The molecule has 3 unspecified atom stereocenters. The molecule has 0 aliphatic heterocycles. The van der Waals surface area contributed by atoms with Crippen LogP contribution < -0.4 is 0 Å². The van der Waals surface area contributed by atoms with E-state index >= 15 is 0 Å². The number of carbonyl (C=O) groups excluding carboxylic acids is 1. The van der Waals surface area contributed by atoms with Crippen LogP contribution in [0.25, 0.3) is 0 Å². The van der Waals surface area contributed by atoms with Gasteiger partial charge in [0.05, 0.1) is 11.5 Å². The van der Waals surface area contributed by atoms with E-state index in [1.54, 1.807) is 13.8 Å². The van der Waals surface area contributed by atoms with Crippen molar-refractivity contribution in [3.05, 3.63) is 0 Å². The minimum absolute atomic E-state index is 0.0825. The van der Waals surface area contributed by atoms with Crippen LogP contribution >= 0.6 is 0 Å². The molecule has 0 saturated carbocycles. The van der Waals surface area contributed by atoms with Crippen LogP contribution in [0.15, 0.2) is 0 Å². The second-order valence-electron chi connectivity index (χ2n) is 9.26. The van der Waals surface area contributed by atoms with E-state index < -0.39 is 11.7 Å².